The van der Waals surface area contributed by atoms with E-state index in [0.717, 1.165) is 4.90 Å². The maximum Gasteiger partial charge on any atom is 0.259 e. The van der Waals surface area contributed by atoms with Crippen LogP contribution in [-0.2, 0) is 14.8 Å². The van der Waals surface area contributed by atoms with Gasteiger partial charge in [-0.25, -0.2) is 13.6 Å². The summed E-state index contributed by atoms with van der Waals surface area (Å²) in [6.07, 6.45) is 0. The summed E-state index contributed by atoms with van der Waals surface area (Å²) in [5.41, 5.74) is 0.389. The molecule has 0 unspecified atom stereocenters. The Hall–Kier alpha value is -2.17. The molecule has 2 rings (SSSR count). The third-order valence-corrected chi connectivity index (χ3v) is 5.33. The van der Waals surface area contributed by atoms with Gasteiger partial charge in [0.05, 0.1) is 12.2 Å². The number of carbonyl (C=O) groups is 2. The summed E-state index contributed by atoms with van der Waals surface area (Å²) in [6, 6.07) is 7.02. The highest BCUT2D eigenvalue weighted by Crippen LogP contribution is 2.27. The Morgan fingerprint density at radius 2 is 1.85 bits per heavy atom. The van der Waals surface area contributed by atoms with Gasteiger partial charge in [0.15, 0.2) is 0 Å². The van der Waals surface area contributed by atoms with Gasteiger partial charge in [0, 0.05) is 11.5 Å². The van der Waals surface area contributed by atoms with Crippen molar-refractivity contribution in [3.8, 4) is 0 Å². The van der Waals surface area contributed by atoms with Crippen molar-refractivity contribution in [1.82, 2.24) is 4.90 Å². The molecule has 140 valence electrons. The SMILES string of the molecule is Cc1oc(C)c(S(N)(=O)=O)c1C(=O)N(C)CC(=O)Nc1ccccc1Br. The quantitative estimate of drug-likeness (QED) is 0.731. The van der Waals surface area contributed by atoms with E-state index >= 15 is 0 Å². The Balaban J connectivity index is 2.21. The second-order valence-corrected chi connectivity index (χ2v) is 8.01. The largest absolute Gasteiger partial charge is 0.464 e. The maximum absolute atomic E-state index is 12.7. The zero-order valence-corrected chi connectivity index (χ0v) is 16.8. The first-order valence-electron chi connectivity index (χ1n) is 7.45. The van der Waals surface area contributed by atoms with Crippen molar-refractivity contribution in [2.45, 2.75) is 18.7 Å². The molecule has 0 aliphatic heterocycles. The van der Waals surface area contributed by atoms with Gasteiger partial charge in [-0.15, -0.1) is 0 Å². The molecule has 1 aromatic carbocycles. The summed E-state index contributed by atoms with van der Waals surface area (Å²) in [6.45, 7) is 2.58. The monoisotopic (exact) mass is 443 g/mol. The Kier molecular flexibility index (Phi) is 5.89. The number of amides is 2. The summed E-state index contributed by atoms with van der Waals surface area (Å²) >= 11 is 3.31. The number of rotatable bonds is 5. The lowest BCUT2D eigenvalue weighted by molar-refractivity contribution is -0.116. The first-order chi connectivity index (χ1) is 12.0. The van der Waals surface area contributed by atoms with Crippen LogP contribution in [0.5, 0.6) is 0 Å². The molecule has 0 bridgehead atoms. The molecule has 0 fully saturated rings. The van der Waals surface area contributed by atoms with Gasteiger partial charge in [0.25, 0.3) is 5.91 Å². The lowest BCUT2D eigenvalue weighted by Crippen LogP contribution is -2.36. The van der Waals surface area contributed by atoms with Crippen molar-refractivity contribution in [3.05, 3.63) is 45.8 Å². The average Bonchev–Trinajstić information content (AvgIpc) is 2.83. The summed E-state index contributed by atoms with van der Waals surface area (Å²) in [5, 5.41) is 7.85. The highest BCUT2D eigenvalue weighted by molar-refractivity contribution is 9.10. The highest BCUT2D eigenvalue weighted by Gasteiger charge is 2.30. The van der Waals surface area contributed by atoms with Crippen LogP contribution >= 0.6 is 15.9 Å². The second-order valence-electron chi connectivity index (χ2n) is 5.65. The molecule has 0 saturated carbocycles. The van der Waals surface area contributed by atoms with Crippen molar-refractivity contribution in [2.75, 3.05) is 18.9 Å². The molecule has 1 aromatic heterocycles. The zero-order chi connectivity index (χ0) is 19.6. The number of halogens is 1. The van der Waals surface area contributed by atoms with E-state index in [2.05, 4.69) is 21.2 Å². The highest BCUT2D eigenvalue weighted by atomic mass is 79.9. The standard InChI is InChI=1S/C16H18BrN3O5S/c1-9-14(15(10(2)25-9)26(18,23)24)16(22)20(3)8-13(21)19-12-7-5-4-6-11(12)17/h4-7H,8H2,1-3H3,(H,19,21)(H2,18,23,24). The summed E-state index contributed by atoms with van der Waals surface area (Å²) < 4.78 is 29.5. The van der Waals surface area contributed by atoms with Gasteiger partial charge in [-0.05, 0) is 41.9 Å². The minimum absolute atomic E-state index is 0.0272. The van der Waals surface area contributed by atoms with E-state index in [0.29, 0.717) is 10.2 Å². The number of para-hydroxylation sites is 1. The van der Waals surface area contributed by atoms with E-state index < -0.39 is 21.8 Å². The van der Waals surface area contributed by atoms with Crippen LogP contribution in [0.1, 0.15) is 21.9 Å². The predicted octanol–water partition coefficient (Wildman–Crippen LogP) is 2.02. The fraction of sp³-hybridized carbons (Fsp3) is 0.250. The van der Waals surface area contributed by atoms with Crippen LogP contribution in [0.15, 0.2) is 38.1 Å². The normalized spacial score (nSPS) is 11.3. The molecule has 10 heteroatoms. The van der Waals surface area contributed by atoms with Gasteiger partial charge < -0.3 is 14.6 Å². The Bertz CT molecular complexity index is 968. The molecule has 0 aliphatic carbocycles. The molecular weight excluding hydrogens is 426 g/mol. The Morgan fingerprint density at radius 3 is 2.42 bits per heavy atom. The van der Waals surface area contributed by atoms with Crippen molar-refractivity contribution in [3.63, 3.8) is 0 Å². The third-order valence-electron chi connectivity index (χ3n) is 3.58. The van der Waals surface area contributed by atoms with Crippen LogP contribution in [0.25, 0.3) is 0 Å². The van der Waals surface area contributed by atoms with Crippen molar-refractivity contribution in [2.24, 2.45) is 5.14 Å². The van der Waals surface area contributed by atoms with Gasteiger partial charge >= 0.3 is 0 Å². The van der Waals surface area contributed by atoms with Crippen molar-refractivity contribution >= 4 is 43.5 Å². The summed E-state index contributed by atoms with van der Waals surface area (Å²) in [5.74, 6) is -0.970. The van der Waals surface area contributed by atoms with E-state index in [1.165, 1.54) is 20.9 Å². The van der Waals surface area contributed by atoms with Gasteiger partial charge in [-0.3, -0.25) is 9.59 Å². The van der Waals surface area contributed by atoms with Crippen LogP contribution in [-0.4, -0.2) is 38.7 Å². The molecular formula is C16H18BrN3O5S. The van der Waals surface area contributed by atoms with Crippen LogP contribution in [0.4, 0.5) is 5.69 Å². The number of aryl methyl sites for hydroxylation is 2. The number of benzene rings is 1. The van der Waals surface area contributed by atoms with E-state index in [-0.39, 0.29) is 28.5 Å². The number of carbonyl (C=O) groups excluding carboxylic acids is 2. The number of nitrogens with two attached hydrogens (primary N) is 1. The van der Waals surface area contributed by atoms with Gasteiger partial charge in [-0.1, -0.05) is 12.1 Å². The number of hydrogen-bond donors (Lipinski definition) is 2. The topological polar surface area (TPSA) is 123 Å². The van der Waals surface area contributed by atoms with E-state index in [1.807, 2.05) is 0 Å². The van der Waals surface area contributed by atoms with Crippen LogP contribution < -0.4 is 10.5 Å². The number of anilines is 1. The average molecular weight is 444 g/mol. The summed E-state index contributed by atoms with van der Waals surface area (Å²) in [7, 11) is -2.77. The maximum atomic E-state index is 12.7. The number of nitrogens with zero attached hydrogens (tertiary/aromatic N) is 1. The smallest absolute Gasteiger partial charge is 0.259 e. The van der Waals surface area contributed by atoms with Crippen molar-refractivity contribution < 1.29 is 22.4 Å². The van der Waals surface area contributed by atoms with Crippen LogP contribution in [0.3, 0.4) is 0 Å². The van der Waals surface area contributed by atoms with Gasteiger partial charge in [0.1, 0.15) is 22.0 Å². The number of primary sulfonamides is 1. The molecule has 0 atom stereocenters. The number of furan rings is 1. The molecule has 0 saturated heterocycles. The molecule has 0 aliphatic rings. The predicted molar refractivity (Wildman–Crippen MR) is 99.3 cm³/mol. The van der Waals surface area contributed by atoms with Crippen molar-refractivity contribution in [1.29, 1.82) is 0 Å². The van der Waals surface area contributed by atoms with E-state index in [9.17, 15) is 18.0 Å². The first-order valence-corrected chi connectivity index (χ1v) is 9.79. The molecule has 26 heavy (non-hydrogen) atoms. The molecule has 8 nitrogen and oxygen atoms in total. The number of likely N-dealkylation sites (N-methyl/N-ethyl adjacent to an activating group) is 1. The Morgan fingerprint density at radius 1 is 1.23 bits per heavy atom. The van der Waals surface area contributed by atoms with Gasteiger partial charge in [-0.2, -0.15) is 0 Å². The number of sulfonamides is 1. The Labute approximate surface area is 159 Å². The van der Waals surface area contributed by atoms with Crippen LogP contribution in [0, 0.1) is 13.8 Å². The molecule has 2 amide bonds. The molecule has 0 spiro atoms. The van der Waals surface area contributed by atoms with E-state index in [1.54, 1.807) is 24.3 Å². The zero-order valence-electron chi connectivity index (χ0n) is 14.4. The second kappa shape index (κ2) is 7.60. The molecule has 0 radical (unpaired) electrons. The lowest BCUT2D eigenvalue weighted by atomic mass is 10.2. The first kappa shape index (κ1) is 20.1. The molecule has 2 aromatic rings. The minimum Gasteiger partial charge on any atom is -0.464 e. The lowest BCUT2D eigenvalue weighted by Gasteiger charge is -2.17. The van der Waals surface area contributed by atoms with Crippen LogP contribution in [0.2, 0.25) is 0 Å². The number of hydrogen-bond acceptors (Lipinski definition) is 5. The minimum atomic E-state index is -4.15. The third kappa shape index (κ3) is 4.32. The van der Waals surface area contributed by atoms with E-state index in [4.69, 9.17) is 9.56 Å². The number of nitrogens with one attached hydrogen (secondary N) is 1. The van der Waals surface area contributed by atoms with Gasteiger partial charge in [0.2, 0.25) is 15.9 Å². The fourth-order valence-electron chi connectivity index (χ4n) is 2.48. The molecule has 3 N–H and O–H groups in total. The molecule has 1 heterocycles. The summed E-state index contributed by atoms with van der Waals surface area (Å²) in [4.78, 5) is 25.6. The fourth-order valence-corrected chi connectivity index (χ4v) is 3.83.